The van der Waals surface area contributed by atoms with Crippen LogP contribution in [-0.4, -0.2) is 43.4 Å². The zero-order chi connectivity index (χ0) is 22.1. The van der Waals surface area contributed by atoms with Gasteiger partial charge in [-0.25, -0.2) is 9.78 Å². The molecule has 0 aliphatic carbocycles. The Morgan fingerprint density at radius 2 is 1.90 bits per heavy atom. The van der Waals surface area contributed by atoms with Crippen LogP contribution in [0.15, 0.2) is 22.9 Å². The lowest BCUT2D eigenvalue weighted by Gasteiger charge is -2.29. The number of carbonyl (C=O) groups is 1. The molecule has 0 radical (unpaired) electrons. The van der Waals surface area contributed by atoms with E-state index in [0.29, 0.717) is 19.8 Å². The summed E-state index contributed by atoms with van der Waals surface area (Å²) in [5, 5.41) is 2.96. The number of rotatable bonds is 6. The van der Waals surface area contributed by atoms with Crippen LogP contribution in [-0.2, 0) is 22.6 Å². The lowest BCUT2D eigenvalue weighted by atomic mass is 10.1. The molecule has 0 spiro atoms. The second kappa shape index (κ2) is 8.47. The first-order chi connectivity index (χ1) is 14.0. The van der Waals surface area contributed by atoms with E-state index in [1.54, 1.807) is 12.4 Å². The van der Waals surface area contributed by atoms with Crippen LogP contribution in [0.5, 0.6) is 0 Å². The standard InChI is InChI=1S/C21H28BrN5O3/c1-7-29-11-16-25-15-10-23-14-8-13(22)9-24-17(14)18(15)27(16)12-21(5,6)26-19(28)30-20(2,3)4/h8-10H,7,11-12H2,1-6H3,(H,26,28). The second-order valence-electron chi connectivity index (χ2n) is 8.78. The van der Waals surface area contributed by atoms with Gasteiger partial charge in [0, 0.05) is 23.8 Å². The summed E-state index contributed by atoms with van der Waals surface area (Å²) in [5.74, 6) is 0.755. The van der Waals surface area contributed by atoms with Crippen molar-refractivity contribution in [1.82, 2.24) is 24.8 Å². The molecule has 1 amide bonds. The highest BCUT2D eigenvalue weighted by atomic mass is 79.9. The molecule has 0 unspecified atom stereocenters. The number of halogens is 1. The Morgan fingerprint density at radius 1 is 1.17 bits per heavy atom. The molecule has 0 bridgehead atoms. The van der Waals surface area contributed by atoms with Crippen molar-refractivity contribution in [1.29, 1.82) is 0 Å². The lowest BCUT2D eigenvalue weighted by molar-refractivity contribution is 0.0462. The monoisotopic (exact) mass is 477 g/mol. The number of hydrogen-bond acceptors (Lipinski definition) is 6. The van der Waals surface area contributed by atoms with E-state index in [0.717, 1.165) is 32.4 Å². The highest BCUT2D eigenvalue weighted by molar-refractivity contribution is 9.10. The van der Waals surface area contributed by atoms with Gasteiger partial charge < -0.3 is 19.4 Å². The zero-order valence-electron chi connectivity index (χ0n) is 18.2. The summed E-state index contributed by atoms with van der Waals surface area (Å²) in [6, 6.07) is 1.92. The van der Waals surface area contributed by atoms with Crippen molar-refractivity contribution < 1.29 is 14.3 Å². The van der Waals surface area contributed by atoms with Gasteiger partial charge in [-0.15, -0.1) is 0 Å². The molecule has 1 N–H and O–H groups in total. The molecule has 0 aliphatic rings. The largest absolute Gasteiger partial charge is 0.444 e. The highest BCUT2D eigenvalue weighted by Crippen LogP contribution is 2.27. The molecule has 3 aromatic rings. The van der Waals surface area contributed by atoms with Gasteiger partial charge in [0.05, 0.1) is 22.8 Å². The van der Waals surface area contributed by atoms with E-state index >= 15 is 0 Å². The molecule has 30 heavy (non-hydrogen) atoms. The van der Waals surface area contributed by atoms with E-state index in [-0.39, 0.29) is 0 Å². The summed E-state index contributed by atoms with van der Waals surface area (Å²) < 4.78 is 14.0. The maximum absolute atomic E-state index is 12.4. The molecule has 0 saturated carbocycles. The average molecular weight is 478 g/mol. The van der Waals surface area contributed by atoms with E-state index < -0.39 is 17.2 Å². The first kappa shape index (κ1) is 22.4. The number of nitrogens with zero attached hydrogens (tertiary/aromatic N) is 4. The predicted molar refractivity (Wildman–Crippen MR) is 119 cm³/mol. The minimum Gasteiger partial charge on any atom is -0.444 e. The molecule has 0 aliphatic heterocycles. The minimum absolute atomic E-state index is 0.353. The molecule has 3 rings (SSSR count). The average Bonchev–Trinajstić information content (AvgIpc) is 2.94. The minimum atomic E-state index is -0.609. The molecule has 162 valence electrons. The summed E-state index contributed by atoms with van der Waals surface area (Å²) in [4.78, 5) is 26.2. The molecule has 3 heterocycles. The van der Waals surface area contributed by atoms with Gasteiger partial charge in [-0.2, -0.15) is 0 Å². The number of hydrogen-bond donors (Lipinski definition) is 1. The highest BCUT2D eigenvalue weighted by Gasteiger charge is 2.27. The smallest absolute Gasteiger partial charge is 0.408 e. The van der Waals surface area contributed by atoms with Gasteiger partial charge in [0.1, 0.15) is 29.1 Å². The summed E-state index contributed by atoms with van der Waals surface area (Å²) >= 11 is 3.45. The molecular formula is C21H28BrN5O3. The third-order valence-corrected chi connectivity index (χ3v) is 4.72. The number of alkyl carbamates (subject to hydrolysis) is 1. The molecule has 8 nitrogen and oxygen atoms in total. The van der Waals surface area contributed by atoms with E-state index in [2.05, 4.69) is 31.2 Å². The Labute approximate surface area is 184 Å². The quantitative estimate of drug-likeness (QED) is 0.558. The van der Waals surface area contributed by atoms with Gasteiger partial charge in [-0.05, 0) is 63.5 Å². The zero-order valence-corrected chi connectivity index (χ0v) is 19.8. The summed E-state index contributed by atoms with van der Waals surface area (Å²) in [6.45, 7) is 12.7. The van der Waals surface area contributed by atoms with Gasteiger partial charge >= 0.3 is 6.09 Å². The molecule has 0 aromatic carbocycles. The van der Waals surface area contributed by atoms with Crippen molar-refractivity contribution in [2.45, 2.75) is 65.8 Å². The van der Waals surface area contributed by atoms with Gasteiger partial charge in [0.15, 0.2) is 0 Å². The van der Waals surface area contributed by atoms with Crippen molar-refractivity contribution >= 4 is 44.1 Å². The van der Waals surface area contributed by atoms with E-state index in [9.17, 15) is 4.79 Å². The number of ether oxygens (including phenoxy) is 2. The SMILES string of the molecule is CCOCc1nc2cnc3cc(Br)cnc3c2n1CC(C)(C)NC(=O)OC(C)(C)C. The number of carbonyl (C=O) groups excluding carboxylic acids is 1. The van der Waals surface area contributed by atoms with Crippen molar-refractivity contribution in [3.05, 3.63) is 28.8 Å². The third-order valence-electron chi connectivity index (χ3n) is 4.29. The number of pyridine rings is 2. The van der Waals surface area contributed by atoms with Gasteiger partial charge in [0.2, 0.25) is 0 Å². The lowest BCUT2D eigenvalue weighted by Crippen LogP contribution is -2.48. The number of nitrogens with one attached hydrogen (secondary N) is 1. The number of amides is 1. The van der Waals surface area contributed by atoms with Crippen LogP contribution in [0.3, 0.4) is 0 Å². The summed E-state index contributed by atoms with van der Waals surface area (Å²) in [6.07, 6.45) is 3.02. The predicted octanol–water partition coefficient (Wildman–Crippen LogP) is 4.58. The van der Waals surface area contributed by atoms with Crippen molar-refractivity contribution in [3.8, 4) is 0 Å². The van der Waals surface area contributed by atoms with Crippen molar-refractivity contribution in [2.75, 3.05) is 6.61 Å². The van der Waals surface area contributed by atoms with Crippen LogP contribution in [0.4, 0.5) is 4.79 Å². The number of aromatic nitrogens is 4. The number of imidazole rings is 1. The maximum Gasteiger partial charge on any atom is 0.408 e. The van der Waals surface area contributed by atoms with Crippen LogP contribution in [0.2, 0.25) is 0 Å². The molecule has 9 heteroatoms. The van der Waals surface area contributed by atoms with Crippen molar-refractivity contribution in [2.24, 2.45) is 0 Å². The number of fused-ring (bicyclic) bond motifs is 3. The first-order valence-electron chi connectivity index (χ1n) is 9.87. The van der Waals surface area contributed by atoms with Crippen LogP contribution in [0.1, 0.15) is 47.4 Å². The first-order valence-corrected chi connectivity index (χ1v) is 10.7. The Morgan fingerprint density at radius 3 is 2.57 bits per heavy atom. The summed E-state index contributed by atoms with van der Waals surface area (Å²) in [7, 11) is 0. The van der Waals surface area contributed by atoms with Crippen LogP contribution in [0.25, 0.3) is 22.1 Å². The van der Waals surface area contributed by atoms with Crippen LogP contribution < -0.4 is 5.32 Å². The maximum atomic E-state index is 12.4. The molecular weight excluding hydrogens is 450 g/mol. The topological polar surface area (TPSA) is 91.2 Å². The molecule has 3 aromatic heterocycles. The van der Waals surface area contributed by atoms with Crippen LogP contribution >= 0.6 is 15.9 Å². The second-order valence-corrected chi connectivity index (χ2v) is 9.69. The third kappa shape index (κ3) is 5.26. The van der Waals surface area contributed by atoms with E-state index in [1.165, 1.54) is 0 Å². The van der Waals surface area contributed by atoms with Gasteiger partial charge in [-0.3, -0.25) is 9.97 Å². The fraction of sp³-hybridized carbons (Fsp3) is 0.524. The Hall–Kier alpha value is -2.26. The van der Waals surface area contributed by atoms with Gasteiger partial charge in [0.25, 0.3) is 0 Å². The fourth-order valence-electron chi connectivity index (χ4n) is 3.19. The molecule has 0 atom stereocenters. The van der Waals surface area contributed by atoms with E-state index in [1.807, 2.05) is 52.2 Å². The van der Waals surface area contributed by atoms with Crippen LogP contribution in [0, 0.1) is 0 Å². The Kier molecular flexibility index (Phi) is 6.33. The Balaban J connectivity index is 2.04. The molecule has 0 saturated heterocycles. The van der Waals surface area contributed by atoms with Crippen molar-refractivity contribution in [3.63, 3.8) is 0 Å². The Bertz CT molecular complexity index is 1070. The fourth-order valence-corrected chi connectivity index (χ4v) is 3.51. The normalized spacial score (nSPS) is 12.5. The van der Waals surface area contributed by atoms with E-state index in [4.69, 9.17) is 14.5 Å². The molecule has 0 fully saturated rings. The summed E-state index contributed by atoms with van der Waals surface area (Å²) in [5.41, 5.74) is 1.93. The van der Waals surface area contributed by atoms with Gasteiger partial charge in [-0.1, -0.05) is 0 Å².